The maximum absolute atomic E-state index is 9.57. The molecule has 2 atom stereocenters. The summed E-state index contributed by atoms with van der Waals surface area (Å²) in [5, 5.41) is 12.0. The predicted octanol–water partition coefficient (Wildman–Crippen LogP) is 2.61. The van der Waals surface area contributed by atoms with E-state index in [2.05, 4.69) is 53.1 Å². The number of benzene rings is 2. The molecule has 0 aliphatic carbocycles. The van der Waals surface area contributed by atoms with Crippen molar-refractivity contribution < 1.29 is 9.84 Å². The van der Waals surface area contributed by atoms with Crippen LogP contribution in [-0.4, -0.2) is 66.4 Å². The number of nitrogens with zero attached hydrogens (tertiary/aromatic N) is 2. The van der Waals surface area contributed by atoms with Gasteiger partial charge < -0.3 is 9.84 Å². The monoisotopic (exact) mass is 328 g/mol. The van der Waals surface area contributed by atoms with Gasteiger partial charge in [0.2, 0.25) is 0 Å². The largest absolute Gasteiger partial charge is 0.492 e. The molecule has 2 aromatic rings. The first kappa shape index (κ1) is 17.2. The highest BCUT2D eigenvalue weighted by Crippen LogP contribution is 2.25. The molecule has 3 rings (SSSR count). The van der Waals surface area contributed by atoms with Crippen LogP contribution in [0.1, 0.15) is 13.8 Å². The standard InChI is InChI=1S/C20H28N2O2/c1-16-14-21(10-11-22(16)15-17(2)23)12-13-24-20-9-5-7-18-6-3-4-8-19(18)20/h3-9,16-17,23H,10-15H2,1-2H3/t16-,17+/m1/s1. The molecule has 2 aromatic carbocycles. The van der Waals surface area contributed by atoms with E-state index in [4.69, 9.17) is 4.74 Å². The number of rotatable bonds is 6. The van der Waals surface area contributed by atoms with Gasteiger partial charge in [-0.3, -0.25) is 9.80 Å². The van der Waals surface area contributed by atoms with Crippen LogP contribution in [0, 0.1) is 0 Å². The van der Waals surface area contributed by atoms with E-state index < -0.39 is 0 Å². The second-order valence-electron chi connectivity index (χ2n) is 6.82. The average molecular weight is 328 g/mol. The van der Waals surface area contributed by atoms with Crippen molar-refractivity contribution in [3.05, 3.63) is 42.5 Å². The molecule has 1 aliphatic rings. The molecular weight excluding hydrogens is 300 g/mol. The smallest absolute Gasteiger partial charge is 0.127 e. The van der Waals surface area contributed by atoms with Gasteiger partial charge in [-0.15, -0.1) is 0 Å². The van der Waals surface area contributed by atoms with Crippen LogP contribution < -0.4 is 4.74 Å². The van der Waals surface area contributed by atoms with Gasteiger partial charge in [0.05, 0.1) is 6.10 Å². The molecule has 1 fully saturated rings. The van der Waals surface area contributed by atoms with Crippen molar-refractivity contribution in [1.29, 1.82) is 0 Å². The minimum atomic E-state index is -0.256. The summed E-state index contributed by atoms with van der Waals surface area (Å²) in [4.78, 5) is 4.82. The van der Waals surface area contributed by atoms with Crippen molar-refractivity contribution in [3.8, 4) is 5.75 Å². The molecule has 24 heavy (non-hydrogen) atoms. The van der Waals surface area contributed by atoms with E-state index in [1.54, 1.807) is 0 Å². The van der Waals surface area contributed by atoms with Gasteiger partial charge in [0.15, 0.2) is 0 Å². The third-order valence-corrected chi connectivity index (χ3v) is 4.76. The number of β-amino-alcohol motifs (C(OH)–C–C–N with tert-alkyl or cyclic N) is 1. The second kappa shape index (κ2) is 7.97. The minimum Gasteiger partial charge on any atom is -0.492 e. The van der Waals surface area contributed by atoms with E-state index in [1.807, 2.05) is 13.0 Å². The molecule has 4 nitrogen and oxygen atoms in total. The highest BCUT2D eigenvalue weighted by Gasteiger charge is 2.24. The van der Waals surface area contributed by atoms with E-state index in [9.17, 15) is 5.11 Å². The van der Waals surface area contributed by atoms with Gasteiger partial charge in [0.25, 0.3) is 0 Å². The lowest BCUT2D eigenvalue weighted by Gasteiger charge is -2.40. The Balaban J connectivity index is 1.50. The Morgan fingerprint density at radius 3 is 2.75 bits per heavy atom. The van der Waals surface area contributed by atoms with Crippen LogP contribution in [0.4, 0.5) is 0 Å². The molecule has 0 radical (unpaired) electrons. The van der Waals surface area contributed by atoms with E-state index in [0.29, 0.717) is 12.6 Å². The summed E-state index contributed by atoms with van der Waals surface area (Å²) in [6, 6.07) is 15.0. The zero-order chi connectivity index (χ0) is 16.9. The van der Waals surface area contributed by atoms with Crippen molar-refractivity contribution >= 4 is 10.8 Å². The first-order chi connectivity index (χ1) is 11.6. The Morgan fingerprint density at radius 1 is 1.17 bits per heavy atom. The Kier molecular flexibility index (Phi) is 5.72. The normalized spacial score (nSPS) is 21.0. The van der Waals surface area contributed by atoms with Gasteiger partial charge in [-0.25, -0.2) is 0 Å². The zero-order valence-corrected chi connectivity index (χ0v) is 14.7. The summed E-state index contributed by atoms with van der Waals surface area (Å²) in [5.41, 5.74) is 0. The highest BCUT2D eigenvalue weighted by atomic mass is 16.5. The lowest BCUT2D eigenvalue weighted by Crippen LogP contribution is -2.54. The number of ether oxygens (including phenoxy) is 1. The molecule has 0 aromatic heterocycles. The van der Waals surface area contributed by atoms with E-state index in [-0.39, 0.29) is 6.10 Å². The van der Waals surface area contributed by atoms with E-state index in [1.165, 1.54) is 10.8 Å². The quantitative estimate of drug-likeness (QED) is 0.884. The third-order valence-electron chi connectivity index (χ3n) is 4.76. The second-order valence-corrected chi connectivity index (χ2v) is 6.82. The Morgan fingerprint density at radius 2 is 1.96 bits per heavy atom. The van der Waals surface area contributed by atoms with Crippen LogP contribution >= 0.6 is 0 Å². The highest BCUT2D eigenvalue weighted by molar-refractivity contribution is 5.88. The van der Waals surface area contributed by atoms with Crippen LogP contribution in [-0.2, 0) is 0 Å². The Bertz CT molecular complexity index is 654. The SMILES string of the molecule is C[C@H](O)CN1CCN(CCOc2cccc3ccccc23)C[C@H]1C. The number of aliphatic hydroxyl groups excluding tert-OH is 1. The predicted molar refractivity (Wildman–Crippen MR) is 98.6 cm³/mol. The van der Waals surface area contributed by atoms with E-state index >= 15 is 0 Å². The fourth-order valence-corrected chi connectivity index (χ4v) is 3.49. The van der Waals surface area contributed by atoms with Gasteiger partial charge in [-0.05, 0) is 25.3 Å². The fourth-order valence-electron chi connectivity index (χ4n) is 3.49. The zero-order valence-electron chi connectivity index (χ0n) is 14.7. The van der Waals surface area contributed by atoms with Crippen molar-refractivity contribution in [2.45, 2.75) is 26.0 Å². The first-order valence-corrected chi connectivity index (χ1v) is 8.88. The third kappa shape index (κ3) is 4.26. The van der Waals surface area contributed by atoms with Crippen molar-refractivity contribution in [2.24, 2.45) is 0 Å². The lowest BCUT2D eigenvalue weighted by atomic mass is 10.1. The molecule has 0 unspecified atom stereocenters. The molecule has 1 saturated heterocycles. The minimum absolute atomic E-state index is 0.256. The van der Waals surface area contributed by atoms with Gasteiger partial charge in [-0.1, -0.05) is 36.4 Å². The van der Waals surface area contributed by atoms with Crippen LogP contribution in [0.15, 0.2) is 42.5 Å². The molecule has 1 aliphatic heterocycles. The first-order valence-electron chi connectivity index (χ1n) is 8.88. The molecule has 0 spiro atoms. The molecule has 4 heteroatoms. The summed E-state index contributed by atoms with van der Waals surface area (Å²) in [6.45, 7) is 9.59. The molecule has 130 valence electrons. The number of fused-ring (bicyclic) bond motifs is 1. The number of aliphatic hydroxyl groups is 1. The van der Waals surface area contributed by atoms with Crippen LogP contribution in [0.3, 0.4) is 0 Å². The van der Waals surface area contributed by atoms with Gasteiger partial charge >= 0.3 is 0 Å². The molecule has 0 bridgehead atoms. The van der Waals surface area contributed by atoms with Gasteiger partial charge in [0.1, 0.15) is 12.4 Å². The van der Waals surface area contributed by atoms with Crippen molar-refractivity contribution in [2.75, 3.05) is 39.3 Å². The molecule has 0 saturated carbocycles. The maximum Gasteiger partial charge on any atom is 0.127 e. The summed E-state index contributed by atoms with van der Waals surface area (Å²) >= 11 is 0. The maximum atomic E-state index is 9.57. The number of piperazine rings is 1. The van der Waals surface area contributed by atoms with E-state index in [0.717, 1.165) is 38.5 Å². The Labute approximate surface area is 144 Å². The molecular formula is C20H28N2O2. The van der Waals surface area contributed by atoms with Crippen LogP contribution in [0.25, 0.3) is 10.8 Å². The summed E-state index contributed by atoms with van der Waals surface area (Å²) < 4.78 is 6.05. The summed E-state index contributed by atoms with van der Waals surface area (Å²) in [6.07, 6.45) is -0.256. The van der Waals surface area contributed by atoms with Crippen molar-refractivity contribution in [1.82, 2.24) is 9.80 Å². The van der Waals surface area contributed by atoms with Crippen molar-refractivity contribution in [3.63, 3.8) is 0 Å². The van der Waals surface area contributed by atoms with Gasteiger partial charge in [0, 0.05) is 44.2 Å². The van der Waals surface area contributed by atoms with Crippen LogP contribution in [0.5, 0.6) is 5.75 Å². The fraction of sp³-hybridized carbons (Fsp3) is 0.500. The molecule has 1 heterocycles. The van der Waals surface area contributed by atoms with Gasteiger partial charge in [-0.2, -0.15) is 0 Å². The Hall–Kier alpha value is -1.62. The summed E-state index contributed by atoms with van der Waals surface area (Å²) in [7, 11) is 0. The molecule has 0 amide bonds. The number of hydrogen-bond acceptors (Lipinski definition) is 4. The summed E-state index contributed by atoms with van der Waals surface area (Å²) in [5.74, 6) is 0.967. The average Bonchev–Trinajstić information content (AvgIpc) is 2.57. The lowest BCUT2D eigenvalue weighted by molar-refractivity contribution is 0.0405. The molecule has 1 N–H and O–H groups in total. The topological polar surface area (TPSA) is 35.9 Å². The number of hydrogen-bond donors (Lipinski definition) is 1. The van der Waals surface area contributed by atoms with Crippen LogP contribution in [0.2, 0.25) is 0 Å².